The van der Waals surface area contributed by atoms with Crippen LogP contribution in [0.4, 0.5) is 5.69 Å². The van der Waals surface area contributed by atoms with Gasteiger partial charge in [0.15, 0.2) is 0 Å². The molecule has 0 aliphatic heterocycles. The van der Waals surface area contributed by atoms with Crippen LogP contribution in [0.5, 0.6) is 5.75 Å². The Kier molecular flexibility index (Phi) is 6.17. The van der Waals surface area contributed by atoms with E-state index in [1.165, 1.54) is 6.07 Å². The summed E-state index contributed by atoms with van der Waals surface area (Å²) in [6.45, 7) is 3.74. The first-order valence-electron chi connectivity index (χ1n) is 10.6. The largest absolute Gasteiger partial charge is 0.485 e. The van der Waals surface area contributed by atoms with E-state index >= 15 is 0 Å². The van der Waals surface area contributed by atoms with Gasteiger partial charge < -0.3 is 24.9 Å². The zero-order chi connectivity index (χ0) is 23.5. The summed E-state index contributed by atoms with van der Waals surface area (Å²) in [5.41, 5.74) is 3.11. The molecule has 2 amide bonds. The number of nitrogens with one attached hydrogen (secondary N) is 2. The predicted molar refractivity (Wildman–Crippen MR) is 121 cm³/mol. The zero-order valence-corrected chi connectivity index (χ0v) is 18.3. The molecule has 8 nitrogen and oxygen atoms in total. The van der Waals surface area contributed by atoms with E-state index in [4.69, 9.17) is 14.3 Å². The number of aromatic carboxylic acids is 1. The minimum absolute atomic E-state index is 0.0641. The Morgan fingerprint density at radius 2 is 1.70 bits per heavy atom. The fraction of sp³-hybridized carbons (Fsp3) is 0.240. The molecule has 0 bridgehead atoms. The molecular weight excluding hydrogens is 424 g/mol. The SMILES string of the molecule is Cc1ccc(C(=O)NC2CC2)cc1NC(=O)c1ccc(OCc2ccc(C(=O)O)o2)c(C)c1. The quantitative estimate of drug-likeness (QED) is 0.472. The summed E-state index contributed by atoms with van der Waals surface area (Å²) in [5.74, 6) is -0.801. The Morgan fingerprint density at radius 1 is 0.970 bits per heavy atom. The van der Waals surface area contributed by atoms with Gasteiger partial charge in [0.2, 0.25) is 5.76 Å². The second-order valence-electron chi connectivity index (χ2n) is 8.07. The monoisotopic (exact) mass is 448 g/mol. The molecule has 1 fully saturated rings. The minimum atomic E-state index is -1.14. The molecule has 1 aromatic heterocycles. The van der Waals surface area contributed by atoms with Gasteiger partial charge in [-0.15, -0.1) is 0 Å². The van der Waals surface area contributed by atoms with Crippen LogP contribution in [0.25, 0.3) is 0 Å². The van der Waals surface area contributed by atoms with Crippen LogP contribution in [0.15, 0.2) is 52.9 Å². The molecular formula is C25H24N2O6. The molecule has 0 spiro atoms. The maximum absolute atomic E-state index is 12.8. The highest BCUT2D eigenvalue weighted by Crippen LogP contribution is 2.24. The van der Waals surface area contributed by atoms with Crippen molar-refractivity contribution in [1.82, 2.24) is 5.32 Å². The van der Waals surface area contributed by atoms with Crippen molar-refractivity contribution in [2.75, 3.05) is 5.32 Å². The number of ether oxygens (including phenoxy) is 1. The van der Waals surface area contributed by atoms with Gasteiger partial charge in [-0.1, -0.05) is 6.07 Å². The maximum atomic E-state index is 12.8. The van der Waals surface area contributed by atoms with Crippen molar-refractivity contribution in [3.63, 3.8) is 0 Å². The number of aryl methyl sites for hydroxylation is 2. The van der Waals surface area contributed by atoms with Crippen LogP contribution in [0, 0.1) is 13.8 Å². The predicted octanol–water partition coefficient (Wildman–Crippen LogP) is 4.32. The number of hydrogen-bond acceptors (Lipinski definition) is 5. The fourth-order valence-electron chi connectivity index (χ4n) is 3.26. The number of furan rings is 1. The first-order chi connectivity index (χ1) is 15.8. The number of hydrogen-bond donors (Lipinski definition) is 3. The van der Waals surface area contributed by atoms with Crippen molar-refractivity contribution >= 4 is 23.5 Å². The lowest BCUT2D eigenvalue weighted by molar-refractivity contribution is 0.0657. The highest BCUT2D eigenvalue weighted by atomic mass is 16.5. The number of carboxylic acid groups (broad SMARTS) is 1. The number of benzene rings is 2. The Morgan fingerprint density at radius 3 is 2.36 bits per heavy atom. The molecule has 33 heavy (non-hydrogen) atoms. The Hall–Kier alpha value is -4.07. The molecule has 0 saturated heterocycles. The minimum Gasteiger partial charge on any atom is -0.485 e. The van der Waals surface area contributed by atoms with Crippen molar-refractivity contribution in [2.45, 2.75) is 39.3 Å². The Balaban J connectivity index is 1.41. The summed E-state index contributed by atoms with van der Waals surface area (Å²) < 4.78 is 10.9. The molecule has 4 rings (SSSR count). The van der Waals surface area contributed by atoms with E-state index < -0.39 is 5.97 Å². The maximum Gasteiger partial charge on any atom is 0.371 e. The van der Waals surface area contributed by atoms with Crippen LogP contribution in [-0.4, -0.2) is 28.9 Å². The lowest BCUT2D eigenvalue weighted by Gasteiger charge is -2.13. The summed E-state index contributed by atoms with van der Waals surface area (Å²) >= 11 is 0. The molecule has 3 aromatic rings. The zero-order valence-electron chi connectivity index (χ0n) is 18.3. The molecule has 0 atom stereocenters. The average Bonchev–Trinajstić information content (AvgIpc) is 3.46. The van der Waals surface area contributed by atoms with Crippen molar-refractivity contribution in [2.24, 2.45) is 0 Å². The number of anilines is 1. The van der Waals surface area contributed by atoms with Gasteiger partial charge >= 0.3 is 5.97 Å². The van der Waals surface area contributed by atoms with Crippen LogP contribution in [0.3, 0.4) is 0 Å². The molecule has 2 aromatic carbocycles. The molecule has 0 radical (unpaired) electrons. The molecule has 3 N–H and O–H groups in total. The highest BCUT2D eigenvalue weighted by molar-refractivity contribution is 6.05. The summed E-state index contributed by atoms with van der Waals surface area (Å²) in [7, 11) is 0. The Labute approximate surface area is 190 Å². The number of rotatable bonds is 8. The van der Waals surface area contributed by atoms with E-state index in [9.17, 15) is 14.4 Å². The standard InChI is InChI=1S/C25H24N2O6/c1-14-3-4-17(23(28)26-18-6-7-18)12-20(14)27-24(29)16-5-9-21(15(2)11-16)32-13-19-8-10-22(33-19)25(30)31/h3-5,8-12,18H,6-7,13H2,1-2H3,(H,26,28)(H,27,29)(H,30,31). The topological polar surface area (TPSA) is 118 Å². The molecule has 8 heteroatoms. The van der Waals surface area contributed by atoms with E-state index in [1.54, 1.807) is 36.4 Å². The molecule has 1 aliphatic carbocycles. The fourth-order valence-corrected chi connectivity index (χ4v) is 3.26. The first-order valence-corrected chi connectivity index (χ1v) is 10.6. The molecule has 170 valence electrons. The third kappa shape index (κ3) is 5.41. The Bertz CT molecular complexity index is 1230. The van der Waals surface area contributed by atoms with Crippen molar-refractivity contribution < 1.29 is 28.6 Å². The number of carbonyl (C=O) groups excluding carboxylic acids is 2. The normalized spacial score (nSPS) is 12.8. The van der Waals surface area contributed by atoms with Crippen LogP contribution < -0.4 is 15.4 Å². The number of carboxylic acids is 1. The lowest BCUT2D eigenvalue weighted by atomic mass is 10.1. The smallest absolute Gasteiger partial charge is 0.371 e. The third-order valence-corrected chi connectivity index (χ3v) is 5.34. The van der Waals surface area contributed by atoms with Gasteiger partial charge in [-0.3, -0.25) is 9.59 Å². The summed E-state index contributed by atoms with van der Waals surface area (Å²) in [5, 5.41) is 14.7. The number of carbonyl (C=O) groups is 3. The van der Waals surface area contributed by atoms with Crippen LogP contribution in [0.2, 0.25) is 0 Å². The van der Waals surface area contributed by atoms with Gasteiger partial charge in [-0.2, -0.15) is 0 Å². The average molecular weight is 448 g/mol. The lowest BCUT2D eigenvalue weighted by Crippen LogP contribution is -2.25. The van der Waals surface area contributed by atoms with E-state index in [0.717, 1.165) is 24.0 Å². The first kappa shape index (κ1) is 22.1. The third-order valence-electron chi connectivity index (χ3n) is 5.34. The second-order valence-corrected chi connectivity index (χ2v) is 8.07. The van der Waals surface area contributed by atoms with E-state index in [2.05, 4.69) is 10.6 Å². The van der Waals surface area contributed by atoms with Gasteiger partial charge in [0, 0.05) is 22.9 Å². The van der Waals surface area contributed by atoms with Gasteiger partial charge in [-0.25, -0.2) is 4.79 Å². The second kappa shape index (κ2) is 9.20. The van der Waals surface area contributed by atoms with Gasteiger partial charge in [0.1, 0.15) is 18.1 Å². The van der Waals surface area contributed by atoms with Crippen molar-refractivity contribution in [3.05, 3.63) is 82.3 Å². The molecule has 1 aliphatic rings. The number of amides is 2. The summed E-state index contributed by atoms with van der Waals surface area (Å²) in [6, 6.07) is 13.4. The van der Waals surface area contributed by atoms with Gasteiger partial charge in [0.05, 0.1) is 0 Å². The van der Waals surface area contributed by atoms with Gasteiger partial charge in [0.25, 0.3) is 11.8 Å². The van der Waals surface area contributed by atoms with E-state index in [-0.39, 0.29) is 30.2 Å². The highest BCUT2D eigenvalue weighted by Gasteiger charge is 2.24. The van der Waals surface area contributed by atoms with Crippen molar-refractivity contribution in [1.29, 1.82) is 0 Å². The van der Waals surface area contributed by atoms with Crippen LogP contribution in [-0.2, 0) is 6.61 Å². The summed E-state index contributed by atoms with van der Waals surface area (Å²) in [6.07, 6.45) is 2.01. The molecule has 0 unspecified atom stereocenters. The molecule has 1 saturated carbocycles. The van der Waals surface area contributed by atoms with E-state index in [0.29, 0.717) is 28.3 Å². The van der Waals surface area contributed by atoms with Crippen LogP contribution >= 0.6 is 0 Å². The van der Waals surface area contributed by atoms with Crippen molar-refractivity contribution in [3.8, 4) is 5.75 Å². The molecule has 1 heterocycles. The van der Waals surface area contributed by atoms with Crippen LogP contribution in [0.1, 0.15) is 61.0 Å². The summed E-state index contributed by atoms with van der Waals surface area (Å²) in [4.78, 5) is 36.0. The van der Waals surface area contributed by atoms with E-state index in [1.807, 2.05) is 19.9 Å². The van der Waals surface area contributed by atoms with Gasteiger partial charge in [-0.05, 0) is 80.3 Å².